The molecule has 0 bridgehead atoms. The van der Waals surface area contributed by atoms with Gasteiger partial charge >= 0.3 is 5.97 Å². The fraction of sp³-hybridized carbons (Fsp3) is 0.308. The Balaban J connectivity index is 1.98. The first-order chi connectivity index (χ1) is 16.6. The Morgan fingerprint density at radius 3 is 2.34 bits per heavy atom. The number of nitrogens with zero attached hydrogens (tertiary/aromatic N) is 2. The number of carboxylic acids is 1. The number of amides is 1. The lowest BCUT2D eigenvalue weighted by Gasteiger charge is -2.24. The number of carbonyl (C=O) groups is 2. The Morgan fingerprint density at radius 2 is 1.74 bits per heavy atom. The zero-order chi connectivity index (χ0) is 25.7. The molecule has 0 spiro atoms. The molecule has 7 nitrogen and oxygen atoms in total. The number of hydrogen-bond donors (Lipinski definition) is 2. The van der Waals surface area contributed by atoms with Crippen molar-refractivity contribution in [1.82, 2.24) is 14.9 Å². The average Bonchev–Trinajstić information content (AvgIpc) is 2.77. The number of carboxylic acid groups (broad SMARTS) is 1. The number of nitrogens with one attached hydrogen (secondary N) is 1. The number of pyridine rings is 2. The molecule has 0 saturated carbocycles. The van der Waals surface area contributed by atoms with Crippen molar-refractivity contribution in [3.05, 3.63) is 88.0 Å². The van der Waals surface area contributed by atoms with Crippen molar-refractivity contribution in [1.29, 1.82) is 0 Å². The van der Waals surface area contributed by atoms with Gasteiger partial charge in [-0.25, -0.2) is 8.78 Å². The van der Waals surface area contributed by atoms with E-state index in [0.717, 1.165) is 17.7 Å². The minimum absolute atomic E-state index is 0.0313. The molecule has 2 atom stereocenters. The fourth-order valence-corrected chi connectivity index (χ4v) is 3.84. The Hall–Kier alpha value is -3.88. The molecule has 9 heteroatoms. The number of carbonyl (C=O) groups excluding carboxylic acids is 1. The number of halogens is 2. The lowest BCUT2D eigenvalue weighted by Crippen LogP contribution is -2.40. The van der Waals surface area contributed by atoms with E-state index in [1.807, 2.05) is 13.8 Å². The van der Waals surface area contributed by atoms with Crippen LogP contribution in [-0.4, -0.2) is 26.5 Å². The standard InChI is InChI=1S/C26H27F2N3O4/c1-15(2)12-22(31-11-10-16(3)13-23(31)32)26(35)30-21(14-24(33)34)19-8-5-9-20(29-19)25-17(27)6-4-7-18(25)28/h4-11,13,15,21-22H,12,14H2,1-3H3,(H,30,35)(H,33,34)/t21-,22-/m0/s1. The molecule has 3 rings (SSSR count). The van der Waals surface area contributed by atoms with Crippen LogP contribution in [0.2, 0.25) is 0 Å². The van der Waals surface area contributed by atoms with Crippen LogP contribution in [0.25, 0.3) is 11.3 Å². The summed E-state index contributed by atoms with van der Waals surface area (Å²) in [5.74, 6) is -3.33. The molecule has 1 amide bonds. The number of hydrogen-bond acceptors (Lipinski definition) is 4. The SMILES string of the molecule is Cc1ccn([C@@H](CC(C)C)C(=O)N[C@@H](CC(=O)O)c2cccc(-c3c(F)cccc3F)n2)c(=O)c1. The highest BCUT2D eigenvalue weighted by atomic mass is 19.1. The Kier molecular flexibility index (Phi) is 8.11. The number of rotatable bonds is 9. The topological polar surface area (TPSA) is 101 Å². The first-order valence-corrected chi connectivity index (χ1v) is 11.2. The van der Waals surface area contributed by atoms with Crippen molar-refractivity contribution in [2.45, 2.75) is 45.7 Å². The number of aryl methyl sites for hydroxylation is 1. The molecule has 2 heterocycles. The molecular formula is C26H27F2N3O4. The van der Waals surface area contributed by atoms with Gasteiger partial charge in [-0.15, -0.1) is 0 Å². The summed E-state index contributed by atoms with van der Waals surface area (Å²) in [7, 11) is 0. The normalized spacial score (nSPS) is 12.9. The minimum Gasteiger partial charge on any atom is -0.481 e. The lowest BCUT2D eigenvalue weighted by atomic mass is 10.0. The van der Waals surface area contributed by atoms with E-state index in [1.54, 1.807) is 13.0 Å². The molecule has 0 saturated heterocycles. The van der Waals surface area contributed by atoms with Crippen LogP contribution in [0, 0.1) is 24.5 Å². The van der Waals surface area contributed by atoms with E-state index < -0.39 is 42.0 Å². The Labute approximate surface area is 201 Å². The molecule has 0 aliphatic rings. The predicted octanol–water partition coefficient (Wildman–Crippen LogP) is 4.42. The predicted molar refractivity (Wildman–Crippen MR) is 127 cm³/mol. The third-order valence-corrected chi connectivity index (χ3v) is 5.48. The van der Waals surface area contributed by atoms with E-state index in [2.05, 4.69) is 10.3 Å². The summed E-state index contributed by atoms with van der Waals surface area (Å²) in [6.45, 7) is 5.58. The Bertz CT molecular complexity index is 1270. The zero-order valence-corrected chi connectivity index (χ0v) is 19.7. The van der Waals surface area contributed by atoms with Crippen LogP contribution in [0.1, 0.15) is 50.0 Å². The Morgan fingerprint density at radius 1 is 1.09 bits per heavy atom. The first kappa shape index (κ1) is 25.7. The van der Waals surface area contributed by atoms with Crippen LogP contribution >= 0.6 is 0 Å². The van der Waals surface area contributed by atoms with Crippen molar-refractivity contribution in [2.75, 3.05) is 0 Å². The van der Waals surface area contributed by atoms with Gasteiger partial charge < -0.3 is 15.0 Å². The van der Waals surface area contributed by atoms with Crippen molar-refractivity contribution in [2.24, 2.45) is 5.92 Å². The molecule has 0 aliphatic heterocycles. The molecule has 0 radical (unpaired) electrons. The van der Waals surface area contributed by atoms with Crippen LogP contribution in [0.5, 0.6) is 0 Å². The average molecular weight is 484 g/mol. The van der Waals surface area contributed by atoms with Gasteiger partial charge in [-0.1, -0.05) is 26.0 Å². The van der Waals surface area contributed by atoms with Crippen LogP contribution < -0.4 is 10.9 Å². The molecule has 0 aliphatic carbocycles. The molecule has 2 aromatic heterocycles. The molecule has 0 unspecified atom stereocenters. The van der Waals surface area contributed by atoms with Gasteiger partial charge in [-0.2, -0.15) is 0 Å². The third-order valence-electron chi connectivity index (χ3n) is 5.48. The van der Waals surface area contributed by atoms with E-state index in [4.69, 9.17) is 0 Å². The van der Waals surface area contributed by atoms with Gasteiger partial charge in [-0.3, -0.25) is 19.4 Å². The second-order valence-electron chi connectivity index (χ2n) is 8.80. The smallest absolute Gasteiger partial charge is 0.305 e. The molecule has 3 aromatic rings. The summed E-state index contributed by atoms with van der Waals surface area (Å²) in [4.78, 5) is 41.8. The van der Waals surface area contributed by atoms with Crippen LogP contribution in [0.4, 0.5) is 8.78 Å². The fourth-order valence-electron chi connectivity index (χ4n) is 3.84. The summed E-state index contributed by atoms with van der Waals surface area (Å²) in [5, 5.41) is 12.1. The minimum atomic E-state index is -1.20. The molecule has 2 N–H and O–H groups in total. The van der Waals surface area contributed by atoms with E-state index in [-0.39, 0.29) is 28.4 Å². The van der Waals surface area contributed by atoms with E-state index in [9.17, 15) is 28.3 Å². The van der Waals surface area contributed by atoms with E-state index >= 15 is 0 Å². The van der Waals surface area contributed by atoms with Gasteiger partial charge in [-0.05, 0) is 55.2 Å². The molecule has 184 valence electrons. The summed E-state index contributed by atoms with van der Waals surface area (Å²) in [6, 6.07) is 8.95. The lowest BCUT2D eigenvalue weighted by molar-refractivity contribution is -0.138. The van der Waals surface area contributed by atoms with Crippen LogP contribution in [0.3, 0.4) is 0 Å². The second kappa shape index (κ2) is 11.0. The van der Waals surface area contributed by atoms with Gasteiger partial charge in [0, 0.05) is 12.3 Å². The van der Waals surface area contributed by atoms with Crippen molar-refractivity contribution in [3.8, 4) is 11.3 Å². The van der Waals surface area contributed by atoms with Crippen molar-refractivity contribution in [3.63, 3.8) is 0 Å². The third kappa shape index (κ3) is 6.38. The number of benzene rings is 1. The second-order valence-corrected chi connectivity index (χ2v) is 8.80. The number of aromatic nitrogens is 2. The van der Waals surface area contributed by atoms with Crippen molar-refractivity contribution < 1.29 is 23.5 Å². The molecular weight excluding hydrogens is 456 g/mol. The maximum Gasteiger partial charge on any atom is 0.305 e. The van der Waals surface area contributed by atoms with Gasteiger partial charge in [0.05, 0.1) is 29.4 Å². The quantitative estimate of drug-likeness (QED) is 0.469. The van der Waals surface area contributed by atoms with E-state index in [0.29, 0.717) is 6.42 Å². The monoisotopic (exact) mass is 483 g/mol. The molecule has 0 fully saturated rings. The first-order valence-electron chi connectivity index (χ1n) is 11.2. The molecule has 1 aromatic carbocycles. The van der Waals surface area contributed by atoms with Gasteiger partial charge in [0.15, 0.2) is 0 Å². The largest absolute Gasteiger partial charge is 0.481 e. The molecule has 35 heavy (non-hydrogen) atoms. The van der Waals surface area contributed by atoms with Gasteiger partial charge in [0.1, 0.15) is 17.7 Å². The van der Waals surface area contributed by atoms with Gasteiger partial charge in [0.25, 0.3) is 5.56 Å². The van der Waals surface area contributed by atoms with E-state index in [1.165, 1.54) is 41.1 Å². The highest BCUT2D eigenvalue weighted by Gasteiger charge is 2.27. The maximum atomic E-state index is 14.3. The summed E-state index contributed by atoms with van der Waals surface area (Å²) >= 11 is 0. The van der Waals surface area contributed by atoms with Crippen LogP contribution in [0.15, 0.2) is 59.5 Å². The summed E-state index contributed by atoms with van der Waals surface area (Å²) < 4.78 is 29.9. The van der Waals surface area contributed by atoms with Crippen LogP contribution in [-0.2, 0) is 9.59 Å². The highest BCUT2D eigenvalue weighted by molar-refractivity contribution is 5.81. The number of aliphatic carboxylic acids is 1. The summed E-state index contributed by atoms with van der Waals surface area (Å²) in [5.41, 5.74) is 0.145. The highest BCUT2D eigenvalue weighted by Crippen LogP contribution is 2.27. The van der Waals surface area contributed by atoms with Crippen molar-refractivity contribution >= 4 is 11.9 Å². The maximum absolute atomic E-state index is 14.3. The zero-order valence-electron chi connectivity index (χ0n) is 19.7. The summed E-state index contributed by atoms with van der Waals surface area (Å²) in [6.07, 6.45) is 1.36. The van der Waals surface area contributed by atoms with Gasteiger partial charge in [0.2, 0.25) is 5.91 Å².